The molecule has 1 heterocycles. The minimum Gasteiger partial charge on any atom is -0.348 e. The lowest BCUT2D eigenvalue weighted by atomic mass is 9.91. The third kappa shape index (κ3) is 4.15. The zero-order chi connectivity index (χ0) is 21.2. The summed E-state index contributed by atoms with van der Waals surface area (Å²) in [6.45, 7) is 3.00. The molecule has 7 nitrogen and oxygen atoms in total. The number of hydrogen-bond donors (Lipinski definition) is 2. The Bertz CT molecular complexity index is 1020. The average Bonchev–Trinajstić information content (AvgIpc) is 2.92. The van der Waals surface area contributed by atoms with Crippen LogP contribution < -0.4 is 10.6 Å². The summed E-state index contributed by atoms with van der Waals surface area (Å²) in [6.07, 6.45) is 0. The molecule has 8 heteroatoms. The van der Waals surface area contributed by atoms with E-state index in [1.165, 1.54) is 0 Å². The lowest BCUT2D eigenvalue weighted by Gasteiger charge is -2.22. The van der Waals surface area contributed by atoms with Gasteiger partial charge in [-0.05, 0) is 49.2 Å². The molecule has 4 amide bonds. The Morgan fingerprint density at radius 1 is 1.28 bits per heavy atom. The third-order valence-corrected chi connectivity index (χ3v) is 5.42. The lowest BCUT2D eigenvalue weighted by Crippen LogP contribution is -2.43. The maximum absolute atomic E-state index is 12.9. The first-order valence-electron chi connectivity index (χ1n) is 8.94. The van der Waals surface area contributed by atoms with Gasteiger partial charge in [0.2, 0.25) is 5.91 Å². The monoisotopic (exact) mass is 454 g/mol. The topological polar surface area (TPSA) is 102 Å². The third-order valence-electron chi connectivity index (χ3n) is 4.89. The number of urea groups is 1. The molecule has 2 unspecified atom stereocenters. The quantitative estimate of drug-likeness (QED) is 0.677. The van der Waals surface area contributed by atoms with Crippen molar-refractivity contribution in [3.05, 3.63) is 69.7 Å². The molecule has 0 aromatic heterocycles. The van der Waals surface area contributed by atoms with E-state index in [9.17, 15) is 14.4 Å². The van der Waals surface area contributed by atoms with Crippen molar-refractivity contribution in [3.8, 4) is 6.07 Å². The number of nitrogens with one attached hydrogen (secondary N) is 2. The molecule has 29 heavy (non-hydrogen) atoms. The molecule has 0 radical (unpaired) electrons. The number of halogens is 1. The summed E-state index contributed by atoms with van der Waals surface area (Å²) >= 11 is 3.36. The van der Waals surface area contributed by atoms with Gasteiger partial charge in [0.05, 0.1) is 17.7 Å². The number of imide groups is 1. The Balaban J connectivity index is 1.72. The number of benzene rings is 2. The first-order chi connectivity index (χ1) is 13.7. The van der Waals surface area contributed by atoms with Crippen LogP contribution in [0.25, 0.3) is 0 Å². The number of rotatable bonds is 5. The van der Waals surface area contributed by atoms with Crippen molar-refractivity contribution in [2.24, 2.45) is 0 Å². The van der Waals surface area contributed by atoms with Crippen LogP contribution in [0.15, 0.2) is 53.0 Å². The molecule has 2 atom stereocenters. The molecular weight excluding hydrogens is 436 g/mol. The standard InChI is InChI=1S/C21H19BrN4O3/c1-13(15-6-8-17(22)9-7-15)24-18(27)12-26-19(28)21(2,25-20(26)29)16-5-3-4-14(10-16)11-23/h3-10,13H,12H2,1-2H3,(H,24,27)(H,25,29). The van der Waals surface area contributed by atoms with Gasteiger partial charge in [-0.25, -0.2) is 4.79 Å². The Labute approximate surface area is 176 Å². The minimum atomic E-state index is -1.33. The molecule has 1 aliphatic heterocycles. The molecule has 0 saturated carbocycles. The van der Waals surface area contributed by atoms with Crippen LogP contribution in [0.1, 0.15) is 36.6 Å². The van der Waals surface area contributed by atoms with Crippen molar-refractivity contribution < 1.29 is 14.4 Å². The second kappa shape index (κ2) is 8.05. The highest BCUT2D eigenvalue weighted by atomic mass is 79.9. The van der Waals surface area contributed by atoms with Crippen LogP contribution in [0.3, 0.4) is 0 Å². The normalized spacial score (nSPS) is 19.4. The van der Waals surface area contributed by atoms with E-state index in [0.717, 1.165) is 14.9 Å². The summed E-state index contributed by atoms with van der Waals surface area (Å²) in [5.74, 6) is -0.983. The molecule has 1 fully saturated rings. The molecule has 0 aliphatic carbocycles. The summed E-state index contributed by atoms with van der Waals surface area (Å²) < 4.78 is 0.930. The predicted octanol–water partition coefficient (Wildman–Crippen LogP) is 2.97. The van der Waals surface area contributed by atoms with Crippen LogP contribution in [0.5, 0.6) is 0 Å². The van der Waals surface area contributed by atoms with Gasteiger partial charge in [0, 0.05) is 4.47 Å². The summed E-state index contributed by atoms with van der Waals surface area (Å²) in [5, 5.41) is 14.5. The number of nitriles is 1. The highest BCUT2D eigenvalue weighted by Gasteiger charge is 2.49. The minimum absolute atomic E-state index is 0.282. The molecule has 1 saturated heterocycles. The van der Waals surface area contributed by atoms with Gasteiger partial charge in [-0.15, -0.1) is 0 Å². The van der Waals surface area contributed by atoms with E-state index >= 15 is 0 Å². The Hall–Kier alpha value is -3.18. The second-order valence-corrected chi connectivity index (χ2v) is 7.90. The summed E-state index contributed by atoms with van der Waals surface area (Å²) in [7, 11) is 0. The molecule has 0 bridgehead atoms. The molecular formula is C21H19BrN4O3. The smallest absolute Gasteiger partial charge is 0.325 e. The largest absolute Gasteiger partial charge is 0.348 e. The average molecular weight is 455 g/mol. The number of carbonyl (C=O) groups excluding carboxylic acids is 3. The van der Waals surface area contributed by atoms with E-state index in [1.54, 1.807) is 31.2 Å². The molecule has 1 aliphatic rings. The van der Waals surface area contributed by atoms with Crippen LogP contribution in [-0.4, -0.2) is 29.3 Å². The molecule has 3 rings (SSSR count). The zero-order valence-electron chi connectivity index (χ0n) is 15.9. The van der Waals surface area contributed by atoms with Crippen molar-refractivity contribution in [3.63, 3.8) is 0 Å². The van der Waals surface area contributed by atoms with Gasteiger partial charge in [-0.2, -0.15) is 5.26 Å². The van der Waals surface area contributed by atoms with Crippen LogP contribution in [0, 0.1) is 11.3 Å². The Morgan fingerprint density at radius 2 is 1.97 bits per heavy atom. The predicted molar refractivity (Wildman–Crippen MR) is 109 cm³/mol. The Morgan fingerprint density at radius 3 is 2.62 bits per heavy atom. The van der Waals surface area contributed by atoms with Crippen molar-refractivity contribution >= 4 is 33.8 Å². The van der Waals surface area contributed by atoms with Gasteiger partial charge >= 0.3 is 6.03 Å². The van der Waals surface area contributed by atoms with Crippen LogP contribution in [0.2, 0.25) is 0 Å². The van der Waals surface area contributed by atoms with Gasteiger partial charge in [0.15, 0.2) is 0 Å². The zero-order valence-corrected chi connectivity index (χ0v) is 17.5. The van der Waals surface area contributed by atoms with E-state index < -0.39 is 23.4 Å². The fourth-order valence-corrected chi connectivity index (χ4v) is 3.47. The van der Waals surface area contributed by atoms with Crippen LogP contribution in [-0.2, 0) is 15.1 Å². The lowest BCUT2D eigenvalue weighted by molar-refractivity contribution is -0.135. The highest BCUT2D eigenvalue weighted by Crippen LogP contribution is 2.29. The first-order valence-corrected chi connectivity index (χ1v) is 9.73. The van der Waals surface area contributed by atoms with Gasteiger partial charge in [-0.3, -0.25) is 14.5 Å². The SMILES string of the molecule is CC(NC(=O)CN1C(=O)NC(C)(c2cccc(C#N)c2)C1=O)c1ccc(Br)cc1. The van der Waals surface area contributed by atoms with Gasteiger partial charge in [0.1, 0.15) is 12.1 Å². The fraction of sp³-hybridized carbons (Fsp3) is 0.238. The molecule has 2 aromatic rings. The molecule has 0 spiro atoms. The van der Waals surface area contributed by atoms with Crippen molar-refractivity contribution in [1.29, 1.82) is 5.26 Å². The summed E-state index contributed by atoms with van der Waals surface area (Å²) in [4.78, 5) is 38.7. The fourth-order valence-electron chi connectivity index (χ4n) is 3.20. The van der Waals surface area contributed by atoms with E-state index in [-0.39, 0.29) is 12.6 Å². The van der Waals surface area contributed by atoms with E-state index in [1.807, 2.05) is 37.3 Å². The van der Waals surface area contributed by atoms with Crippen molar-refractivity contribution in [2.45, 2.75) is 25.4 Å². The van der Waals surface area contributed by atoms with Crippen LogP contribution in [0.4, 0.5) is 4.79 Å². The van der Waals surface area contributed by atoms with E-state index in [0.29, 0.717) is 11.1 Å². The number of nitrogens with zero attached hydrogens (tertiary/aromatic N) is 2. The van der Waals surface area contributed by atoms with Gasteiger partial charge in [-0.1, -0.05) is 40.2 Å². The number of amides is 4. The first kappa shape index (κ1) is 20.6. The molecule has 148 valence electrons. The Kier molecular flexibility index (Phi) is 5.71. The highest BCUT2D eigenvalue weighted by molar-refractivity contribution is 9.10. The van der Waals surface area contributed by atoms with E-state index in [4.69, 9.17) is 5.26 Å². The number of hydrogen-bond acceptors (Lipinski definition) is 4. The van der Waals surface area contributed by atoms with Gasteiger partial charge < -0.3 is 10.6 Å². The summed E-state index contributed by atoms with van der Waals surface area (Å²) in [5.41, 5.74) is 0.435. The van der Waals surface area contributed by atoms with E-state index in [2.05, 4.69) is 26.6 Å². The van der Waals surface area contributed by atoms with Gasteiger partial charge in [0.25, 0.3) is 5.91 Å². The van der Waals surface area contributed by atoms with Crippen LogP contribution >= 0.6 is 15.9 Å². The number of carbonyl (C=O) groups is 3. The molecule has 2 N–H and O–H groups in total. The second-order valence-electron chi connectivity index (χ2n) is 6.98. The molecule has 2 aromatic carbocycles. The summed E-state index contributed by atoms with van der Waals surface area (Å²) in [6, 6.07) is 15.1. The van der Waals surface area contributed by atoms with Crippen molar-refractivity contribution in [1.82, 2.24) is 15.5 Å². The maximum Gasteiger partial charge on any atom is 0.325 e. The van der Waals surface area contributed by atoms with Crippen molar-refractivity contribution in [2.75, 3.05) is 6.54 Å². The maximum atomic E-state index is 12.9.